The van der Waals surface area contributed by atoms with Gasteiger partial charge in [0, 0.05) is 11.6 Å². The summed E-state index contributed by atoms with van der Waals surface area (Å²) in [5.74, 6) is -0.873. The van der Waals surface area contributed by atoms with Crippen molar-refractivity contribution in [3.63, 3.8) is 0 Å². The summed E-state index contributed by atoms with van der Waals surface area (Å²) in [6.07, 6.45) is 0.594. The number of benzene rings is 1. The molecule has 0 aliphatic heterocycles. The number of sulfone groups is 1. The first-order valence-electron chi connectivity index (χ1n) is 5.14. The molecule has 0 spiro atoms. The van der Waals surface area contributed by atoms with Crippen LogP contribution >= 0.6 is 0 Å². The summed E-state index contributed by atoms with van der Waals surface area (Å²) < 4.78 is 36.6. The number of hydrogen-bond donors (Lipinski definition) is 1. The van der Waals surface area contributed by atoms with Gasteiger partial charge in [0.25, 0.3) is 0 Å². The lowest BCUT2D eigenvalue weighted by Gasteiger charge is -2.10. The Morgan fingerprint density at radius 2 is 2.00 bits per heavy atom. The molecule has 16 heavy (non-hydrogen) atoms. The maximum absolute atomic E-state index is 13.2. The molecule has 0 bridgehead atoms. The second kappa shape index (κ2) is 5.41. The first-order valence-corrected chi connectivity index (χ1v) is 6.96. The molecule has 1 rings (SSSR count). The molecule has 0 aliphatic rings. The molecule has 0 aliphatic carbocycles. The number of halogens is 1. The maximum atomic E-state index is 13.2. The van der Waals surface area contributed by atoms with Crippen molar-refractivity contribution in [1.82, 2.24) is 0 Å². The summed E-state index contributed by atoms with van der Waals surface area (Å²) >= 11 is 0. The van der Waals surface area contributed by atoms with Crippen molar-refractivity contribution >= 4 is 9.84 Å². The Labute approximate surface area is 95.4 Å². The highest BCUT2D eigenvalue weighted by atomic mass is 32.2. The predicted octanol–water partition coefficient (Wildman–Crippen LogP) is 1.48. The van der Waals surface area contributed by atoms with Crippen LogP contribution in [0.5, 0.6) is 0 Å². The van der Waals surface area contributed by atoms with Crippen LogP contribution in [0.15, 0.2) is 24.3 Å². The Kier molecular flexibility index (Phi) is 4.44. The molecule has 0 radical (unpaired) electrons. The van der Waals surface area contributed by atoms with E-state index in [4.69, 9.17) is 5.73 Å². The average molecular weight is 245 g/mol. The summed E-state index contributed by atoms with van der Waals surface area (Å²) in [5.41, 5.74) is 5.78. The number of nitrogens with two attached hydrogens (primary N) is 1. The normalized spacial score (nSPS) is 13.7. The molecule has 0 aromatic heterocycles. The van der Waals surface area contributed by atoms with E-state index < -0.39 is 15.7 Å². The second-order valence-electron chi connectivity index (χ2n) is 3.81. The van der Waals surface area contributed by atoms with Crippen molar-refractivity contribution in [1.29, 1.82) is 0 Å². The standard InChI is InChI=1S/C11H16FNO2S/c1-2-10(13)8-16(14,15)7-9-5-3-4-6-11(9)12/h3-6,10H,2,7-8,13H2,1H3. The van der Waals surface area contributed by atoms with Crippen molar-refractivity contribution in [2.75, 3.05) is 5.75 Å². The van der Waals surface area contributed by atoms with Gasteiger partial charge in [0.15, 0.2) is 9.84 Å². The van der Waals surface area contributed by atoms with E-state index in [2.05, 4.69) is 0 Å². The summed E-state index contributed by atoms with van der Waals surface area (Å²) in [6, 6.07) is 5.50. The van der Waals surface area contributed by atoms with Crippen LogP contribution in [0.1, 0.15) is 18.9 Å². The first kappa shape index (κ1) is 13.1. The van der Waals surface area contributed by atoms with Crippen molar-refractivity contribution < 1.29 is 12.8 Å². The van der Waals surface area contributed by atoms with Crippen LogP contribution in [0.4, 0.5) is 4.39 Å². The van der Waals surface area contributed by atoms with Crippen LogP contribution in [0, 0.1) is 5.82 Å². The van der Waals surface area contributed by atoms with E-state index in [0.717, 1.165) is 0 Å². The maximum Gasteiger partial charge on any atom is 0.156 e. The third-order valence-corrected chi connectivity index (χ3v) is 4.01. The van der Waals surface area contributed by atoms with E-state index in [9.17, 15) is 12.8 Å². The first-order chi connectivity index (χ1) is 7.44. The van der Waals surface area contributed by atoms with Gasteiger partial charge in [-0.1, -0.05) is 25.1 Å². The molecule has 2 N–H and O–H groups in total. The van der Waals surface area contributed by atoms with Gasteiger partial charge in [-0.2, -0.15) is 0 Å². The lowest BCUT2D eigenvalue weighted by molar-refractivity contribution is 0.577. The van der Waals surface area contributed by atoms with E-state index in [1.807, 2.05) is 6.92 Å². The third kappa shape index (κ3) is 3.90. The minimum absolute atomic E-state index is 0.0994. The molecule has 1 atom stereocenters. The van der Waals surface area contributed by atoms with E-state index in [-0.39, 0.29) is 23.1 Å². The van der Waals surface area contributed by atoms with Crippen molar-refractivity contribution in [2.24, 2.45) is 5.73 Å². The van der Waals surface area contributed by atoms with Crippen molar-refractivity contribution in [3.05, 3.63) is 35.6 Å². The predicted molar refractivity (Wildman–Crippen MR) is 62.2 cm³/mol. The molecule has 3 nitrogen and oxygen atoms in total. The topological polar surface area (TPSA) is 60.2 Å². The van der Waals surface area contributed by atoms with Gasteiger partial charge in [-0.25, -0.2) is 12.8 Å². The Morgan fingerprint density at radius 3 is 2.56 bits per heavy atom. The Hall–Kier alpha value is -0.940. The zero-order valence-corrected chi connectivity index (χ0v) is 10.0. The zero-order valence-electron chi connectivity index (χ0n) is 9.19. The van der Waals surface area contributed by atoms with Crippen molar-refractivity contribution in [2.45, 2.75) is 25.1 Å². The average Bonchev–Trinajstić information content (AvgIpc) is 2.20. The molecule has 0 fully saturated rings. The molecule has 0 saturated heterocycles. The number of hydrogen-bond acceptors (Lipinski definition) is 3. The Morgan fingerprint density at radius 1 is 1.38 bits per heavy atom. The molecular weight excluding hydrogens is 229 g/mol. The zero-order chi connectivity index (χ0) is 12.2. The lowest BCUT2D eigenvalue weighted by Crippen LogP contribution is -2.29. The van der Waals surface area contributed by atoms with Crippen LogP contribution in [0.3, 0.4) is 0 Å². The van der Waals surface area contributed by atoms with Gasteiger partial charge in [0.2, 0.25) is 0 Å². The third-order valence-electron chi connectivity index (χ3n) is 2.33. The highest BCUT2D eigenvalue weighted by molar-refractivity contribution is 7.90. The Bertz CT molecular complexity index is 445. The molecule has 0 amide bonds. The number of rotatable bonds is 5. The summed E-state index contributed by atoms with van der Waals surface area (Å²) in [7, 11) is -3.33. The molecule has 1 aromatic carbocycles. The highest BCUT2D eigenvalue weighted by Gasteiger charge is 2.17. The molecule has 1 unspecified atom stereocenters. The van der Waals surface area contributed by atoms with Gasteiger partial charge in [-0.05, 0) is 12.5 Å². The highest BCUT2D eigenvalue weighted by Crippen LogP contribution is 2.12. The largest absolute Gasteiger partial charge is 0.327 e. The quantitative estimate of drug-likeness (QED) is 0.854. The SMILES string of the molecule is CCC(N)CS(=O)(=O)Cc1ccccc1F. The minimum atomic E-state index is -3.33. The van der Waals surface area contributed by atoms with Crippen LogP contribution in [-0.4, -0.2) is 20.2 Å². The van der Waals surface area contributed by atoms with Crippen molar-refractivity contribution in [3.8, 4) is 0 Å². The van der Waals surface area contributed by atoms with Gasteiger partial charge < -0.3 is 5.73 Å². The van der Waals surface area contributed by atoms with Crippen LogP contribution in [-0.2, 0) is 15.6 Å². The molecule has 1 aromatic rings. The lowest BCUT2D eigenvalue weighted by atomic mass is 10.2. The molecule has 0 saturated carbocycles. The van der Waals surface area contributed by atoms with Crippen LogP contribution in [0.2, 0.25) is 0 Å². The molecular formula is C11H16FNO2S. The van der Waals surface area contributed by atoms with Gasteiger partial charge in [-0.3, -0.25) is 0 Å². The van der Waals surface area contributed by atoms with E-state index in [1.54, 1.807) is 6.07 Å². The van der Waals surface area contributed by atoms with Gasteiger partial charge in [0.05, 0.1) is 11.5 Å². The van der Waals surface area contributed by atoms with Gasteiger partial charge in [0.1, 0.15) is 5.82 Å². The Balaban J connectivity index is 2.77. The summed E-state index contributed by atoms with van der Waals surface area (Å²) in [5, 5.41) is 0. The minimum Gasteiger partial charge on any atom is -0.327 e. The van der Waals surface area contributed by atoms with Gasteiger partial charge in [-0.15, -0.1) is 0 Å². The van der Waals surface area contributed by atoms with E-state index >= 15 is 0 Å². The smallest absolute Gasteiger partial charge is 0.156 e. The fourth-order valence-corrected chi connectivity index (χ4v) is 3.07. The molecule has 90 valence electrons. The molecule has 5 heteroatoms. The second-order valence-corrected chi connectivity index (χ2v) is 5.92. The fraction of sp³-hybridized carbons (Fsp3) is 0.455. The van der Waals surface area contributed by atoms with E-state index in [0.29, 0.717) is 6.42 Å². The van der Waals surface area contributed by atoms with Crippen LogP contribution < -0.4 is 5.73 Å². The van der Waals surface area contributed by atoms with E-state index in [1.165, 1.54) is 18.2 Å². The fourth-order valence-electron chi connectivity index (χ4n) is 1.36. The summed E-state index contributed by atoms with van der Waals surface area (Å²) in [4.78, 5) is 0. The van der Waals surface area contributed by atoms with Gasteiger partial charge >= 0.3 is 0 Å². The molecule has 0 heterocycles. The summed E-state index contributed by atoms with van der Waals surface area (Å²) in [6.45, 7) is 1.82. The monoisotopic (exact) mass is 245 g/mol. The van der Waals surface area contributed by atoms with Crippen LogP contribution in [0.25, 0.3) is 0 Å².